The van der Waals surface area contributed by atoms with E-state index >= 15 is 0 Å². The summed E-state index contributed by atoms with van der Waals surface area (Å²) in [6.45, 7) is 2.95. The number of aryl methyl sites for hydroxylation is 1. The van der Waals surface area contributed by atoms with Crippen LogP contribution in [0.2, 0.25) is 0 Å². The number of fused-ring (bicyclic) bond motifs is 1. The fourth-order valence-corrected chi connectivity index (χ4v) is 2.47. The summed E-state index contributed by atoms with van der Waals surface area (Å²) in [7, 11) is 1.61. The Morgan fingerprint density at radius 2 is 2.23 bits per heavy atom. The molecule has 116 valence electrons. The van der Waals surface area contributed by atoms with Crippen LogP contribution >= 0.6 is 0 Å². The Kier molecular flexibility index (Phi) is 4.15. The second kappa shape index (κ2) is 6.23. The largest absolute Gasteiger partial charge is 0.493 e. The molecule has 2 N–H and O–H groups in total. The van der Waals surface area contributed by atoms with Crippen molar-refractivity contribution < 1.29 is 14.2 Å². The van der Waals surface area contributed by atoms with Crippen LogP contribution < -0.4 is 19.9 Å². The van der Waals surface area contributed by atoms with Crippen molar-refractivity contribution in [1.82, 2.24) is 4.98 Å². The van der Waals surface area contributed by atoms with Gasteiger partial charge >= 0.3 is 0 Å². The zero-order valence-corrected chi connectivity index (χ0v) is 12.8. The predicted molar refractivity (Wildman–Crippen MR) is 83.4 cm³/mol. The molecule has 0 saturated carbocycles. The molecule has 22 heavy (non-hydrogen) atoms. The lowest BCUT2D eigenvalue weighted by molar-refractivity contribution is 0.0867. The average molecular weight is 300 g/mol. The lowest BCUT2D eigenvalue weighted by Gasteiger charge is -2.28. The van der Waals surface area contributed by atoms with Crippen LogP contribution in [0.3, 0.4) is 0 Å². The maximum atomic E-state index is 6.08. The van der Waals surface area contributed by atoms with E-state index < -0.39 is 0 Å². The van der Waals surface area contributed by atoms with Gasteiger partial charge in [0.05, 0.1) is 7.11 Å². The van der Waals surface area contributed by atoms with Gasteiger partial charge in [-0.15, -0.1) is 0 Å². The van der Waals surface area contributed by atoms with Crippen LogP contribution in [0, 0.1) is 0 Å². The second-order valence-corrected chi connectivity index (χ2v) is 5.18. The Morgan fingerprint density at radius 1 is 1.36 bits per heavy atom. The Bertz CT molecular complexity index is 638. The van der Waals surface area contributed by atoms with Crippen molar-refractivity contribution in [1.29, 1.82) is 0 Å². The van der Waals surface area contributed by atoms with Crippen molar-refractivity contribution in [3.05, 3.63) is 47.3 Å². The minimum absolute atomic E-state index is 0.191. The third-order valence-electron chi connectivity index (χ3n) is 3.77. The highest BCUT2D eigenvalue weighted by Gasteiger charge is 2.26. The zero-order chi connectivity index (χ0) is 15.5. The number of ether oxygens (including phenoxy) is 3. The number of pyridine rings is 1. The summed E-state index contributed by atoms with van der Waals surface area (Å²) in [4.78, 5) is 4.41. The fourth-order valence-electron chi connectivity index (χ4n) is 2.47. The second-order valence-electron chi connectivity index (χ2n) is 5.18. The molecule has 1 aromatic heterocycles. The van der Waals surface area contributed by atoms with Gasteiger partial charge in [0.15, 0.2) is 17.6 Å². The molecular weight excluding hydrogens is 280 g/mol. The Labute approximate surface area is 130 Å². The van der Waals surface area contributed by atoms with E-state index in [0.29, 0.717) is 30.4 Å². The number of methoxy groups -OCH3 is 1. The van der Waals surface area contributed by atoms with Crippen LogP contribution in [-0.2, 0) is 13.0 Å². The van der Waals surface area contributed by atoms with E-state index in [1.165, 1.54) is 0 Å². The molecule has 5 heteroatoms. The first kappa shape index (κ1) is 14.7. The predicted octanol–water partition coefficient (Wildman–Crippen LogP) is 2.62. The molecule has 5 nitrogen and oxygen atoms in total. The summed E-state index contributed by atoms with van der Waals surface area (Å²) in [5.41, 5.74) is 8.70. The van der Waals surface area contributed by atoms with Gasteiger partial charge in [-0.2, -0.15) is 0 Å². The smallest absolute Gasteiger partial charge is 0.204 e. The van der Waals surface area contributed by atoms with E-state index in [1.807, 2.05) is 30.5 Å². The van der Waals surface area contributed by atoms with Gasteiger partial charge < -0.3 is 19.9 Å². The van der Waals surface area contributed by atoms with Gasteiger partial charge in [-0.3, -0.25) is 4.98 Å². The summed E-state index contributed by atoms with van der Waals surface area (Å²) in [6.07, 6.45) is 2.57. The highest BCUT2D eigenvalue weighted by molar-refractivity contribution is 5.55. The molecular formula is C17H20N2O3. The summed E-state index contributed by atoms with van der Waals surface area (Å²) >= 11 is 0. The normalized spacial score (nSPS) is 16.4. The van der Waals surface area contributed by atoms with Gasteiger partial charge in [0.25, 0.3) is 0 Å². The zero-order valence-electron chi connectivity index (χ0n) is 12.8. The number of nitrogens with two attached hydrogens (primary N) is 1. The van der Waals surface area contributed by atoms with E-state index in [4.69, 9.17) is 19.9 Å². The maximum Gasteiger partial charge on any atom is 0.204 e. The number of rotatable bonds is 4. The lowest BCUT2D eigenvalue weighted by atomic mass is 10.1. The first-order valence-corrected chi connectivity index (χ1v) is 7.40. The van der Waals surface area contributed by atoms with Gasteiger partial charge in [0, 0.05) is 24.0 Å². The van der Waals surface area contributed by atoms with Crippen molar-refractivity contribution in [2.45, 2.75) is 26.0 Å². The topological polar surface area (TPSA) is 66.6 Å². The molecule has 2 aromatic rings. The number of benzene rings is 1. The number of aromatic nitrogens is 1. The first-order chi connectivity index (χ1) is 10.7. The molecule has 1 aliphatic heterocycles. The molecule has 0 aliphatic carbocycles. The first-order valence-electron chi connectivity index (χ1n) is 7.40. The van der Waals surface area contributed by atoms with Gasteiger partial charge in [-0.25, -0.2) is 0 Å². The van der Waals surface area contributed by atoms with Crippen LogP contribution in [-0.4, -0.2) is 18.7 Å². The molecule has 1 atom stereocenters. The standard InChI is InChI=1S/C17H20N2O3/c1-3-13-5-4-12(9-19-13)16-10-21-15-7-11(8-18)6-14(20-2)17(15)22-16/h4-7,9,16H,3,8,10,18H2,1-2H3. The molecule has 0 saturated heterocycles. The summed E-state index contributed by atoms with van der Waals surface area (Å²) in [5, 5.41) is 0. The van der Waals surface area contributed by atoms with Crippen molar-refractivity contribution in [3.63, 3.8) is 0 Å². The molecule has 0 bridgehead atoms. The third-order valence-corrected chi connectivity index (χ3v) is 3.77. The Balaban J connectivity index is 1.89. The van der Waals surface area contributed by atoms with Gasteiger partial charge in [0.1, 0.15) is 6.61 Å². The highest BCUT2D eigenvalue weighted by Crippen LogP contribution is 2.44. The molecule has 0 radical (unpaired) electrons. The van der Waals surface area contributed by atoms with Gasteiger partial charge in [0.2, 0.25) is 5.75 Å². The molecule has 1 aromatic carbocycles. The average Bonchev–Trinajstić information content (AvgIpc) is 2.60. The monoisotopic (exact) mass is 300 g/mol. The SMILES string of the molecule is CCc1ccc(C2COc3cc(CN)cc(OC)c3O2)cn1. The number of nitrogens with zero attached hydrogens (tertiary/aromatic N) is 1. The van der Waals surface area contributed by atoms with E-state index in [-0.39, 0.29) is 6.10 Å². The van der Waals surface area contributed by atoms with E-state index in [1.54, 1.807) is 7.11 Å². The summed E-state index contributed by atoms with van der Waals surface area (Å²) in [6, 6.07) is 7.82. The minimum Gasteiger partial charge on any atom is -0.493 e. The lowest BCUT2D eigenvalue weighted by Crippen LogP contribution is -2.22. The van der Waals surface area contributed by atoms with Crippen LogP contribution in [0.15, 0.2) is 30.5 Å². The van der Waals surface area contributed by atoms with Crippen molar-refractivity contribution in [2.75, 3.05) is 13.7 Å². The van der Waals surface area contributed by atoms with Crippen LogP contribution in [0.25, 0.3) is 0 Å². The molecule has 0 spiro atoms. The molecule has 2 heterocycles. The van der Waals surface area contributed by atoms with Gasteiger partial charge in [-0.1, -0.05) is 13.0 Å². The van der Waals surface area contributed by atoms with E-state index in [2.05, 4.69) is 11.9 Å². The van der Waals surface area contributed by atoms with Crippen molar-refractivity contribution in [2.24, 2.45) is 5.73 Å². The van der Waals surface area contributed by atoms with Crippen LogP contribution in [0.5, 0.6) is 17.2 Å². The quantitative estimate of drug-likeness (QED) is 0.940. The number of hydrogen-bond acceptors (Lipinski definition) is 5. The fraction of sp³-hybridized carbons (Fsp3) is 0.353. The molecule has 0 fully saturated rings. The molecule has 1 unspecified atom stereocenters. The van der Waals surface area contributed by atoms with Crippen molar-refractivity contribution >= 4 is 0 Å². The Morgan fingerprint density at radius 3 is 2.86 bits per heavy atom. The highest BCUT2D eigenvalue weighted by atomic mass is 16.6. The maximum absolute atomic E-state index is 6.08. The minimum atomic E-state index is -0.191. The van der Waals surface area contributed by atoms with Crippen LogP contribution in [0.1, 0.15) is 29.8 Å². The Hall–Kier alpha value is -2.27. The summed E-state index contributed by atoms with van der Waals surface area (Å²) < 4.78 is 17.3. The van der Waals surface area contributed by atoms with Crippen molar-refractivity contribution in [3.8, 4) is 17.2 Å². The van der Waals surface area contributed by atoms with E-state index in [0.717, 1.165) is 23.2 Å². The summed E-state index contributed by atoms with van der Waals surface area (Å²) in [5.74, 6) is 1.94. The third kappa shape index (κ3) is 2.72. The molecule has 1 aliphatic rings. The molecule has 3 rings (SSSR count). The number of hydrogen-bond donors (Lipinski definition) is 1. The van der Waals surface area contributed by atoms with Gasteiger partial charge in [-0.05, 0) is 30.2 Å². The van der Waals surface area contributed by atoms with E-state index in [9.17, 15) is 0 Å². The molecule has 0 amide bonds. The van der Waals surface area contributed by atoms with Crippen LogP contribution in [0.4, 0.5) is 0 Å².